The van der Waals surface area contributed by atoms with E-state index in [1.807, 2.05) is 24.3 Å². The van der Waals surface area contributed by atoms with Gasteiger partial charge in [0.25, 0.3) is 0 Å². The van der Waals surface area contributed by atoms with E-state index in [0.717, 1.165) is 11.1 Å². The van der Waals surface area contributed by atoms with Crippen molar-refractivity contribution in [2.75, 3.05) is 5.88 Å². The summed E-state index contributed by atoms with van der Waals surface area (Å²) in [6.45, 7) is 0. The van der Waals surface area contributed by atoms with Crippen molar-refractivity contribution in [2.24, 2.45) is 0 Å². The normalized spacial score (nSPS) is 8.31. The number of hydrogen-bond donors (Lipinski definition) is 0. The molecule has 0 fully saturated rings. The Hall–Kier alpha value is -1.37. The van der Waals surface area contributed by atoms with Crippen LogP contribution in [0.2, 0.25) is 0 Å². The molecule has 13 heavy (non-hydrogen) atoms. The van der Waals surface area contributed by atoms with Gasteiger partial charge in [0.2, 0.25) is 0 Å². The number of rotatable bonds is 1. The molecule has 0 amide bonds. The van der Waals surface area contributed by atoms with Gasteiger partial charge in [0, 0.05) is 23.4 Å². The highest BCUT2D eigenvalue weighted by Gasteiger charge is 1.87. The molecule has 0 aliphatic rings. The molecule has 1 heteroatoms. The highest BCUT2D eigenvalue weighted by atomic mass is 35.5. The van der Waals surface area contributed by atoms with E-state index in [1.165, 1.54) is 0 Å². The van der Waals surface area contributed by atoms with Gasteiger partial charge in [-0.3, -0.25) is 0 Å². The molecule has 0 radical (unpaired) electrons. The second kappa shape index (κ2) is 5.31. The molecule has 1 rings (SSSR count). The predicted octanol–water partition coefficient (Wildman–Crippen LogP) is 2.65. The molecule has 0 nitrogen and oxygen atoms in total. The van der Waals surface area contributed by atoms with Crippen LogP contribution in [0.15, 0.2) is 24.3 Å². The summed E-state index contributed by atoms with van der Waals surface area (Å²) in [5, 5.41) is 0. The summed E-state index contributed by atoms with van der Waals surface area (Å²) in [7, 11) is 0. The van der Waals surface area contributed by atoms with Crippen LogP contribution < -0.4 is 0 Å². The third-order valence-corrected chi connectivity index (χ3v) is 1.67. The molecule has 64 valence electrons. The molecular formula is C12H9Cl. The first-order valence-electron chi connectivity index (χ1n) is 3.98. The van der Waals surface area contributed by atoms with Gasteiger partial charge < -0.3 is 0 Å². The van der Waals surface area contributed by atoms with Gasteiger partial charge in [0.15, 0.2) is 0 Å². The van der Waals surface area contributed by atoms with Crippen molar-refractivity contribution in [1.82, 2.24) is 0 Å². The molecule has 1 aromatic rings. The minimum absolute atomic E-state index is 0.571. The average molecular weight is 189 g/mol. The van der Waals surface area contributed by atoms with Gasteiger partial charge in [-0.15, -0.1) is 18.0 Å². The van der Waals surface area contributed by atoms with Crippen LogP contribution in [0.5, 0.6) is 0 Å². The van der Waals surface area contributed by atoms with Crippen molar-refractivity contribution in [3.63, 3.8) is 0 Å². The monoisotopic (exact) mass is 188 g/mol. The van der Waals surface area contributed by atoms with Crippen LogP contribution in [0.25, 0.3) is 0 Å². The van der Waals surface area contributed by atoms with Gasteiger partial charge in [-0.2, -0.15) is 0 Å². The fourth-order valence-electron chi connectivity index (χ4n) is 0.899. The van der Waals surface area contributed by atoms with E-state index >= 15 is 0 Å². The van der Waals surface area contributed by atoms with Crippen LogP contribution >= 0.6 is 11.6 Å². The summed E-state index contributed by atoms with van der Waals surface area (Å²) < 4.78 is 0. The lowest BCUT2D eigenvalue weighted by atomic mass is 10.1. The van der Waals surface area contributed by atoms with Gasteiger partial charge in [0.05, 0.1) is 0 Å². The van der Waals surface area contributed by atoms with E-state index in [4.69, 9.17) is 18.0 Å². The Morgan fingerprint density at radius 1 is 1.31 bits per heavy atom. The largest absolute Gasteiger partial charge is 0.126 e. The van der Waals surface area contributed by atoms with Crippen LogP contribution in [0.1, 0.15) is 17.5 Å². The van der Waals surface area contributed by atoms with Gasteiger partial charge in [-0.05, 0) is 18.2 Å². The predicted molar refractivity (Wildman–Crippen MR) is 56.6 cm³/mol. The van der Waals surface area contributed by atoms with Crippen LogP contribution in [0, 0.1) is 24.2 Å². The fraction of sp³-hybridized carbons (Fsp3) is 0.167. The summed E-state index contributed by atoms with van der Waals surface area (Å²) in [5.41, 5.74) is 1.80. The molecular weight excluding hydrogens is 180 g/mol. The fourth-order valence-corrected chi connectivity index (χ4v) is 0.993. The summed E-state index contributed by atoms with van der Waals surface area (Å²) in [6, 6.07) is 7.61. The van der Waals surface area contributed by atoms with Gasteiger partial charge >= 0.3 is 0 Å². The second-order valence-electron chi connectivity index (χ2n) is 2.47. The topological polar surface area (TPSA) is 0 Å². The van der Waals surface area contributed by atoms with E-state index in [9.17, 15) is 0 Å². The van der Waals surface area contributed by atoms with Crippen molar-refractivity contribution < 1.29 is 0 Å². The minimum Gasteiger partial charge on any atom is -0.126 e. The van der Waals surface area contributed by atoms with E-state index in [-0.39, 0.29) is 0 Å². The Morgan fingerprint density at radius 2 is 2.08 bits per heavy atom. The first kappa shape index (κ1) is 9.72. The number of terminal acetylenes is 1. The lowest BCUT2D eigenvalue weighted by Crippen LogP contribution is -1.77. The number of alkyl halides is 1. The van der Waals surface area contributed by atoms with E-state index in [0.29, 0.717) is 12.3 Å². The zero-order valence-corrected chi connectivity index (χ0v) is 7.93. The van der Waals surface area contributed by atoms with E-state index in [1.54, 1.807) is 0 Å². The van der Waals surface area contributed by atoms with Gasteiger partial charge in [-0.25, -0.2) is 0 Å². The van der Waals surface area contributed by atoms with Crippen LogP contribution in [-0.4, -0.2) is 5.88 Å². The molecule has 0 atom stereocenters. The van der Waals surface area contributed by atoms with Crippen molar-refractivity contribution in [3.8, 4) is 24.2 Å². The van der Waals surface area contributed by atoms with E-state index < -0.39 is 0 Å². The maximum absolute atomic E-state index is 5.49. The Bertz CT molecular complexity index is 374. The zero-order valence-electron chi connectivity index (χ0n) is 7.18. The van der Waals surface area contributed by atoms with Crippen LogP contribution in [-0.2, 0) is 0 Å². The summed E-state index contributed by atoms with van der Waals surface area (Å²) in [6.07, 6.45) is 5.96. The number of benzene rings is 1. The van der Waals surface area contributed by atoms with Crippen LogP contribution in [0.3, 0.4) is 0 Å². The minimum atomic E-state index is 0.571. The highest BCUT2D eigenvalue weighted by molar-refractivity contribution is 6.18. The molecule has 0 spiro atoms. The number of halogens is 1. The Kier molecular flexibility index (Phi) is 3.97. The lowest BCUT2D eigenvalue weighted by Gasteiger charge is -1.91. The lowest BCUT2D eigenvalue weighted by molar-refractivity contribution is 1.29. The maximum Gasteiger partial charge on any atom is 0.0333 e. The Balaban J connectivity index is 2.81. The van der Waals surface area contributed by atoms with Crippen LogP contribution in [0.4, 0.5) is 0 Å². The van der Waals surface area contributed by atoms with Crippen molar-refractivity contribution >= 4 is 11.6 Å². The number of hydrogen-bond acceptors (Lipinski definition) is 0. The molecule has 0 saturated carbocycles. The molecule has 0 N–H and O–H groups in total. The first-order valence-corrected chi connectivity index (χ1v) is 4.52. The van der Waals surface area contributed by atoms with Crippen molar-refractivity contribution in [1.29, 1.82) is 0 Å². The molecule has 0 aliphatic carbocycles. The van der Waals surface area contributed by atoms with Crippen molar-refractivity contribution in [2.45, 2.75) is 6.42 Å². The molecule has 0 saturated heterocycles. The molecule has 0 aromatic heterocycles. The summed E-state index contributed by atoms with van der Waals surface area (Å²) in [5.74, 6) is 9.08. The first-order chi connectivity index (χ1) is 6.36. The quantitative estimate of drug-likeness (QED) is 0.470. The average Bonchev–Trinajstić information content (AvgIpc) is 2.19. The van der Waals surface area contributed by atoms with Gasteiger partial charge in [0.1, 0.15) is 0 Å². The second-order valence-corrected chi connectivity index (χ2v) is 2.84. The Morgan fingerprint density at radius 3 is 2.77 bits per heavy atom. The SMILES string of the molecule is C#Cc1cccc(C#CCCCl)c1. The van der Waals surface area contributed by atoms with Gasteiger partial charge in [-0.1, -0.05) is 23.8 Å². The molecule has 0 bridgehead atoms. The highest BCUT2D eigenvalue weighted by Crippen LogP contribution is 2.02. The summed E-state index contributed by atoms with van der Waals surface area (Å²) in [4.78, 5) is 0. The molecule has 0 heterocycles. The maximum atomic E-state index is 5.49. The standard InChI is InChI=1S/C12H9Cl/c1-2-11-7-5-8-12(10-11)6-3-4-9-13/h1,5,7-8,10H,4,9H2. The summed E-state index contributed by atoms with van der Waals surface area (Å²) >= 11 is 5.49. The van der Waals surface area contributed by atoms with Crippen molar-refractivity contribution in [3.05, 3.63) is 35.4 Å². The molecule has 1 aromatic carbocycles. The smallest absolute Gasteiger partial charge is 0.0333 e. The third kappa shape index (κ3) is 3.24. The molecule has 0 aliphatic heterocycles. The van der Waals surface area contributed by atoms with E-state index in [2.05, 4.69) is 17.8 Å². The molecule has 0 unspecified atom stereocenters. The Labute approximate surface area is 83.9 Å². The zero-order chi connectivity index (χ0) is 9.52. The third-order valence-electron chi connectivity index (χ3n) is 1.48.